The van der Waals surface area contributed by atoms with Crippen LogP contribution in [0.15, 0.2) is 48.6 Å². The Morgan fingerprint density at radius 1 is 0.944 bits per heavy atom. The summed E-state index contributed by atoms with van der Waals surface area (Å²) < 4.78 is 0. The van der Waals surface area contributed by atoms with Crippen molar-refractivity contribution in [1.82, 2.24) is 0 Å². The van der Waals surface area contributed by atoms with Crippen LogP contribution in [0.5, 0.6) is 5.75 Å². The molecule has 0 fully saturated rings. The average Bonchev–Trinajstić information content (AvgIpc) is 2.34. The van der Waals surface area contributed by atoms with Crippen molar-refractivity contribution in [3.05, 3.63) is 54.1 Å². The Hall–Kier alpha value is -2.49. The number of Topliss-reactive ketones (excluding diaryl/α,β-unsaturated/α-hetero) is 1. The molecule has 0 radical (unpaired) electrons. The van der Waals surface area contributed by atoms with E-state index in [-0.39, 0.29) is 23.1 Å². The van der Waals surface area contributed by atoms with Gasteiger partial charge in [0.1, 0.15) is 5.75 Å². The molecule has 1 aromatic carbocycles. The van der Waals surface area contributed by atoms with Gasteiger partial charge in [-0.15, -0.1) is 0 Å². The Labute approximate surface area is 104 Å². The van der Waals surface area contributed by atoms with Crippen molar-refractivity contribution in [3.8, 4) is 5.75 Å². The molecule has 0 unspecified atom stereocenters. The van der Waals surface area contributed by atoms with Crippen LogP contribution < -0.4 is 0 Å². The van der Waals surface area contributed by atoms with Crippen molar-refractivity contribution in [2.45, 2.75) is 6.92 Å². The summed E-state index contributed by atoms with van der Waals surface area (Å²) in [5, 5.41) is 9.06. The maximum atomic E-state index is 10.7. The lowest BCUT2D eigenvalue weighted by atomic mass is 10.1. The summed E-state index contributed by atoms with van der Waals surface area (Å²) in [5.41, 5.74) is 0.377. The fourth-order valence-electron chi connectivity index (χ4n) is 1.21. The maximum Gasteiger partial charge on any atom is 0.178 e. The number of carbonyl (C=O) groups excluding carboxylic acids is 3. The van der Waals surface area contributed by atoms with Gasteiger partial charge in [-0.25, -0.2) is 0 Å². The van der Waals surface area contributed by atoms with Crippen LogP contribution in [-0.2, 0) is 9.59 Å². The topological polar surface area (TPSA) is 71.4 Å². The summed E-state index contributed by atoms with van der Waals surface area (Å²) in [4.78, 5) is 31.3. The van der Waals surface area contributed by atoms with E-state index in [4.69, 9.17) is 5.11 Å². The highest BCUT2D eigenvalue weighted by Gasteiger charge is 2.02. The highest BCUT2D eigenvalue weighted by atomic mass is 16.3. The van der Waals surface area contributed by atoms with Gasteiger partial charge < -0.3 is 5.11 Å². The third-order valence-corrected chi connectivity index (χ3v) is 2.11. The summed E-state index contributed by atoms with van der Waals surface area (Å²) in [6, 6.07) is 6.49. The van der Waals surface area contributed by atoms with Crippen LogP contribution >= 0.6 is 0 Å². The van der Waals surface area contributed by atoms with Gasteiger partial charge in [-0.2, -0.15) is 0 Å². The van der Waals surface area contributed by atoms with Crippen LogP contribution in [0.2, 0.25) is 0 Å². The van der Waals surface area contributed by atoms with Crippen molar-refractivity contribution in [2.75, 3.05) is 0 Å². The summed E-state index contributed by atoms with van der Waals surface area (Å²) >= 11 is 0. The molecular weight excluding hydrogens is 232 g/mol. The lowest BCUT2D eigenvalue weighted by Crippen LogP contribution is -1.97. The van der Waals surface area contributed by atoms with Gasteiger partial charge >= 0.3 is 0 Å². The number of ketones is 3. The van der Waals surface area contributed by atoms with E-state index in [1.54, 1.807) is 18.2 Å². The minimum absolute atomic E-state index is 0.0509. The molecule has 1 aliphatic rings. The Balaban J connectivity index is 0.000000184. The Kier molecular flexibility index (Phi) is 4.75. The predicted molar refractivity (Wildman–Crippen MR) is 66.4 cm³/mol. The monoisotopic (exact) mass is 244 g/mol. The number of allylic oxidation sites excluding steroid dienone is 4. The molecule has 4 heteroatoms. The molecular formula is C14H12O4. The molecule has 2 rings (SSSR count). The SMILES string of the molecule is CC(=O)c1ccccc1O.O=C1C=CC(=O)C=C1. The molecule has 92 valence electrons. The average molecular weight is 244 g/mol. The van der Waals surface area contributed by atoms with E-state index in [1.165, 1.54) is 37.3 Å². The summed E-state index contributed by atoms with van der Waals surface area (Å²) in [6.45, 7) is 1.43. The van der Waals surface area contributed by atoms with Crippen molar-refractivity contribution in [1.29, 1.82) is 0 Å². The van der Waals surface area contributed by atoms with Gasteiger partial charge in [-0.1, -0.05) is 12.1 Å². The number of carbonyl (C=O) groups is 3. The maximum absolute atomic E-state index is 10.7. The second-order valence-electron chi connectivity index (χ2n) is 3.54. The van der Waals surface area contributed by atoms with Crippen molar-refractivity contribution >= 4 is 17.3 Å². The number of aromatic hydroxyl groups is 1. The molecule has 1 aromatic rings. The third kappa shape index (κ3) is 4.17. The molecule has 0 amide bonds. The van der Waals surface area contributed by atoms with Gasteiger partial charge in [0, 0.05) is 0 Å². The second-order valence-corrected chi connectivity index (χ2v) is 3.54. The molecule has 0 bridgehead atoms. The van der Waals surface area contributed by atoms with Gasteiger partial charge in [0.05, 0.1) is 5.56 Å². The van der Waals surface area contributed by atoms with E-state index >= 15 is 0 Å². The first-order valence-corrected chi connectivity index (χ1v) is 5.23. The molecule has 0 saturated heterocycles. The standard InChI is InChI=1S/C8H8O2.C6H4O2/c1-6(9)7-4-2-3-5-8(7)10;7-5-1-2-6(8)4-3-5/h2-5,10H,1H3;1-4H. The summed E-state index contributed by atoms with van der Waals surface area (Å²) in [7, 11) is 0. The van der Waals surface area contributed by atoms with E-state index < -0.39 is 0 Å². The van der Waals surface area contributed by atoms with E-state index in [1.807, 2.05) is 0 Å². The Morgan fingerprint density at radius 2 is 1.39 bits per heavy atom. The van der Waals surface area contributed by atoms with Crippen LogP contribution in [0.1, 0.15) is 17.3 Å². The molecule has 0 heterocycles. The molecule has 0 aliphatic heterocycles. The van der Waals surface area contributed by atoms with E-state index in [9.17, 15) is 14.4 Å². The smallest absolute Gasteiger partial charge is 0.178 e. The van der Waals surface area contributed by atoms with Crippen LogP contribution in [-0.4, -0.2) is 22.5 Å². The number of rotatable bonds is 1. The summed E-state index contributed by atoms with van der Waals surface area (Å²) in [5.74, 6) is -0.303. The van der Waals surface area contributed by atoms with Crippen molar-refractivity contribution in [3.63, 3.8) is 0 Å². The fourth-order valence-corrected chi connectivity index (χ4v) is 1.21. The minimum Gasteiger partial charge on any atom is -0.507 e. The molecule has 4 nitrogen and oxygen atoms in total. The van der Waals surface area contributed by atoms with Gasteiger partial charge in [0.15, 0.2) is 17.3 Å². The van der Waals surface area contributed by atoms with Crippen LogP contribution in [0.3, 0.4) is 0 Å². The number of phenolic OH excluding ortho intramolecular Hbond substituents is 1. The van der Waals surface area contributed by atoms with Gasteiger partial charge in [-0.3, -0.25) is 14.4 Å². The Morgan fingerprint density at radius 3 is 1.72 bits per heavy atom. The van der Waals surface area contributed by atoms with E-state index in [0.717, 1.165) is 0 Å². The van der Waals surface area contributed by atoms with Crippen molar-refractivity contribution in [2.24, 2.45) is 0 Å². The van der Waals surface area contributed by atoms with Crippen LogP contribution in [0, 0.1) is 0 Å². The Bertz CT molecular complexity index is 500. The van der Waals surface area contributed by atoms with E-state index in [0.29, 0.717) is 5.56 Å². The predicted octanol–water partition coefficient (Wildman–Crippen LogP) is 1.85. The quantitative estimate of drug-likeness (QED) is 0.604. The van der Waals surface area contributed by atoms with Crippen LogP contribution in [0.4, 0.5) is 0 Å². The first kappa shape index (κ1) is 13.6. The summed E-state index contributed by atoms with van der Waals surface area (Å²) in [6.07, 6.45) is 5.01. The molecule has 18 heavy (non-hydrogen) atoms. The van der Waals surface area contributed by atoms with Gasteiger partial charge in [-0.05, 0) is 43.4 Å². The third-order valence-electron chi connectivity index (χ3n) is 2.11. The molecule has 0 atom stereocenters. The van der Waals surface area contributed by atoms with Crippen LogP contribution in [0.25, 0.3) is 0 Å². The molecule has 1 aliphatic carbocycles. The zero-order valence-corrected chi connectivity index (χ0v) is 9.79. The normalized spacial score (nSPS) is 12.9. The molecule has 0 spiro atoms. The molecule has 0 aromatic heterocycles. The number of para-hydroxylation sites is 1. The van der Waals surface area contributed by atoms with Crippen molar-refractivity contribution < 1.29 is 19.5 Å². The molecule has 0 saturated carbocycles. The minimum atomic E-state index is -0.121. The first-order chi connectivity index (χ1) is 8.50. The number of hydrogen-bond acceptors (Lipinski definition) is 4. The lowest BCUT2D eigenvalue weighted by molar-refractivity contribution is -0.113. The molecule has 1 N–H and O–H groups in total. The van der Waals surface area contributed by atoms with E-state index in [2.05, 4.69) is 0 Å². The largest absolute Gasteiger partial charge is 0.507 e. The number of benzene rings is 1. The first-order valence-electron chi connectivity index (χ1n) is 5.23. The van der Waals surface area contributed by atoms with Gasteiger partial charge in [0.2, 0.25) is 0 Å². The van der Waals surface area contributed by atoms with Gasteiger partial charge in [0.25, 0.3) is 0 Å². The zero-order valence-electron chi connectivity index (χ0n) is 9.79. The lowest BCUT2D eigenvalue weighted by Gasteiger charge is -1.96. The number of phenols is 1. The fraction of sp³-hybridized carbons (Fsp3) is 0.0714. The number of hydrogen-bond donors (Lipinski definition) is 1. The highest BCUT2D eigenvalue weighted by molar-refractivity contribution is 6.14. The zero-order chi connectivity index (χ0) is 13.5. The highest BCUT2D eigenvalue weighted by Crippen LogP contribution is 2.15. The second kappa shape index (κ2) is 6.30.